The van der Waals surface area contributed by atoms with Gasteiger partial charge in [0.25, 0.3) is 5.91 Å². The maximum absolute atomic E-state index is 12.2. The summed E-state index contributed by atoms with van der Waals surface area (Å²) in [7, 11) is 0. The lowest BCUT2D eigenvalue weighted by molar-refractivity contribution is 0.0237. The van der Waals surface area contributed by atoms with Crippen LogP contribution >= 0.6 is 0 Å². The van der Waals surface area contributed by atoms with E-state index in [9.17, 15) is 4.79 Å². The van der Waals surface area contributed by atoms with Crippen molar-refractivity contribution >= 4 is 5.91 Å². The van der Waals surface area contributed by atoms with Crippen LogP contribution in [0.2, 0.25) is 0 Å². The third-order valence-corrected chi connectivity index (χ3v) is 3.85. The summed E-state index contributed by atoms with van der Waals surface area (Å²) < 4.78 is 16.7. The summed E-state index contributed by atoms with van der Waals surface area (Å²) in [6.07, 6.45) is 3.37. The predicted molar refractivity (Wildman–Crippen MR) is 93.0 cm³/mol. The Bertz CT molecular complexity index is 672. The second-order valence-electron chi connectivity index (χ2n) is 5.73. The molecule has 6 nitrogen and oxygen atoms in total. The Hall–Kier alpha value is -2.60. The van der Waals surface area contributed by atoms with Crippen LogP contribution in [0.15, 0.2) is 48.7 Å². The first kappa shape index (κ1) is 17.2. The van der Waals surface area contributed by atoms with E-state index in [-0.39, 0.29) is 12.0 Å². The van der Waals surface area contributed by atoms with Crippen LogP contribution in [0.25, 0.3) is 0 Å². The molecule has 1 N–H and O–H groups in total. The molecule has 2 aromatic rings. The standard InChI is InChI=1S/C19H22N2O4/c22-19(21-10-13-24-16-4-2-1-3-5-16)15-6-9-20-18(14-15)25-17-7-11-23-12-8-17/h1-6,9,14,17H,7-8,10-13H2,(H,21,22). The van der Waals surface area contributed by atoms with E-state index in [2.05, 4.69) is 10.3 Å². The number of hydrogen-bond acceptors (Lipinski definition) is 5. The summed E-state index contributed by atoms with van der Waals surface area (Å²) in [6.45, 7) is 2.23. The summed E-state index contributed by atoms with van der Waals surface area (Å²) in [5, 5.41) is 2.83. The predicted octanol–water partition coefficient (Wildman–Crippen LogP) is 2.45. The zero-order valence-corrected chi connectivity index (χ0v) is 14.0. The number of benzene rings is 1. The van der Waals surface area contributed by atoms with Crippen LogP contribution in [0.1, 0.15) is 23.2 Å². The van der Waals surface area contributed by atoms with Crippen molar-refractivity contribution in [2.75, 3.05) is 26.4 Å². The van der Waals surface area contributed by atoms with Crippen molar-refractivity contribution < 1.29 is 19.0 Å². The Labute approximate surface area is 147 Å². The van der Waals surface area contributed by atoms with Gasteiger partial charge in [-0.15, -0.1) is 0 Å². The van der Waals surface area contributed by atoms with Crippen molar-refractivity contribution in [2.24, 2.45) is 0 Å². The number of pyridine rings is 1. The van der Waals surface area contributed by atoms with Gasteiger partial charge in [0, 0.05) is 30.7 Å². The monoisotopic (exact) mass is 342 g/mol. The third-order valence-electron chi connectivity index (χ3n) is 3.85. The third kappa shape index (κ3) is 5.46. The molecule has 0 saturated carbocycles. The van der Waals surface area contributed by atoms with Gasteiger partial charge in [-0.05, 0) is 18.2 Å². The summed E-state index contributed by atoms with van der Waals surface area (Å²) in [5.74, 6) is 1.09. The highest BCUT2D eigenvalue weighted by Crippen LogP contribution is 2.16. The molecule has 1 aliphatic heterocycles. The lowest BCUT2D eigenvalue weighted by Gasteiger charge is -2.22. The molecule has 3 rings (SSSR count). The number of ether oxygens (including phenoxy) is 3. The van der Waals surface area contributed by atoms with Gasteiger partial charge in [0.2, 0.25) is 5.88 Å². The first-order valence-electron chi connectivity index (χ1n) is 8.48. The van der Waals surface area contributed by atoms with Gasteiger partial charge in [-0.2, -0.15) is 0 Å². The molecule has 0 aliphatic carbocycles. The van der Waals surface area contributed by atoms with E-state index in [0.717, 1.165) is 18.6 Å². The Balaban J connectivity index is 1.45. The molecule has 2 heterocycles. The average molecular weight is 342 g/mol. The van der Waals surface area contributed by atoms with E-state index < -0.39 is 0 Å². The minimum absolute atomic E-state index is 0.0961. The molecule has 1 amide bonds. The number of rotatable bonds is 7. The molecule has 0 spiro atoms. The molecule has 6 heteroatoms. The number of para-hydroxylation sites is 1. The van der Waals surface area contributed by atoms with Crippen LogP contribution in [0.5, 0.6) is 11.6 Å². The fourth-order valence-corrected chi connectivity index (χ4v) is 2.53. The molecule has 1 aliphatic rings. The lowest BCUT2D eigenvalue weighted by atomic mass is 10.1. The Morgan fingerprint density at radius 3 is 2.80 bits per heavy atom. The summed E-state index contributed by atoms with van der Waals surface area (Å²) in [5.41, 5.74) is 0.525. The molecule has 25 heavy (non-hydrogen) atoms. The summed E-state index contributed by atoms with van der Waals surface area (Å²) in [6, 6.07) is 12.8. The van der Waals surface area contributed by atoms with Crippen LogP contribution in [0.4, 0.5) is 0 Å². The van der Waals surface area contributed by atoms with Gasteiger partial charge in [0.15, 0.2) is 0 Å². The number of nitrogens with one attached hydrogen (secondary N) is 1. The molecule has 1 fully saturated rings. The molecule has 1 aromatic heterocycles. The van der Waals surface area contributed by atoms with E-state index in [1.165, 1.54) is 0 Å². The molecule has 0 atom stereocenters. The van der Waals surface area contributed by atoms with Gasteiger partial charge in [-0.1, -0.05) is 18.2 Å². The van der Waals surface area contributed by atoms with Crippen LogP contribution in [0.3, 0.4) is 0 Å². The van der Waals surface area contributed by atoms with Gasteiger partial charge in [0.05, 0.1) is 19.8 Å². The van der Waals surface area contributed by atoms with Crippen molar-refractivity contribution in [3.63, 3.8) is 0 Å². The number of carbonyl (C=O) groups is 1. The second-order valence-corrected chi connectivity index (χ2v) is 5.73. The van der Waals surface area contributed by atoms with E-state index in [4.69, 9.17) is 14.2 Å². The topological polar surface area (TPSA) is 69.7 Å². The minimum Gasteiger partial charge on any atom is -0.492 e. The fraction of sp³-hybridized carbons (Fsp3) is 0.368. The van der Waals surface area contributed by atoms with Gasteiger partial charge in [0.1, 0.15) is 18.5 Å². The largest absolute Gasteiger partial charge is 0.492 e. The highest BCUT2D eigenvalue weighted by Gasteiger charge is 2.16. The zero-order valence-electron chi connectivity index (χ0n) is 14.0. The quantitative estimate of drug-likeness (QED) is 0.783. The van der Waals surface area contributed by atoms with E-state index in [1.54, 1.807) is 18.3 Å². The summed E-state index contributed by atoms with van der Waals surface area (Å²) >= 11 is 0. The molecule has 1 saturated heterocycles. The Kier molecular flexibility index (Phi) is 6.23. The van der Waals surface area contributed by atoms with Gasteiger partial charge in [-0.3, -0.25) is 4.79 Å². The van der Waals surface area contributed by atoms with Gasteiger partial charge in [-0.25, -0.2) is 4.98 Å². The van der Waals surface area contributed by atoms with E-state index in [0.29, 0.717) is 37.8 Å². The first-order valence-corrected chi connectivity index (χ1v) is 8.48. The van der Waals surface area contributed by atoms with E-state index >= 15 is 0 Å². The van der Waals surface area contributed by atoms with Crippen LogP contribution in [-0.2, 0) is 4.74 Å². The lowest BCUT2D eigenvalue weighted by Crippen LogP contribution is -2.28. The Morgan fingerprint density at radius 1 is 1.20 bits per heavy atom. The van der Waals surface area contributed by atoms with Crippen LogP contribution in [-0.4, -0.2) is 43.4 Å². The average Bonchev–Trinajstić information content (AvgIpc) is 2.67. The van der Waals surface area contributed by atoms with Crippen molar-refractivity contribution in [2.45, 2.75) is 18.9 Å². The Morgan fingerprint density at radius 2 is 2.00 bits per heavy atom. The van der Waals surface area contributed by atoms with Crippen molar-refractivity contribution in [3.8, 4) is 11.6 Å². The smallest absolute Gasteiger partial charge is 0.251 e. The van der Waals surface area contributed by atoms with Gasteiger partial charge < -0.3 is 19.5 Å². The number of nitrogens with zero attached hydrogens (tertiary/aromatic N) is 1. The van der Waals surface area contributed by atoms with Gasteiger partial charge >= 0.3 is 0 Å². The first-order chi connectivity index (χ1) is 12.3. The molecule has 0 bridgehead atoms. The van der Waals surface area contributed by atoms with Crippen molar-refractivity contribution in [3.05, 3.63) is 54.2 Å². The van der Waals surface area contributed by atoms with E-state index in [1.807, 2.05) is 30.3 Å². The maximum atomic E-state index is 12.2. The van der Waals surface area contributed by atoms with Crippen molar-refractivity contribution in [1.29, 1.82) is 0 Å². The highest BCUT2D eigenvalue weighted by atomic mass is 16.5. The molecule has 132 valence electrons. The number of amides is 1. The van der Waals surface area contributed by atoms with Crippen LogP contribution in [0, 0.1) is 0 Å². The number of carbonyl (C=O) groups excluding carboxylic acids is 1. The maximum Gasteiger partial charge on any atom is 0.251 e. The van der Waals surface area contributed by atoms with Crippen molar-refractivity contribution in [1.82, 2.24) is 10.3 Å². The molecular formula is C19H22N2O4. The second kappa shape index (κ2) is 9.03. The molecule has 0 radical (unpaired) electrons. The number of hydrogen-bond donors (Lipinski definition) is 1. The normalized spacial score (nSPS) is 14.7. The molecule has 1 aromatic carbocycles. The SMILES string of the molecule is O=C(NCCOc1ccccc1)c1ccnc(OC2CCOCC2)c1. The highest BCUT2D eigenvalue weighted by molar-refractivity contribution is 5.94. The minimum atomic E-state index is -0.170. The van der Waals surface area contributed by atoms with Crippen LogP contribution < -0.4 is 14.8 Å². The zero-order chi connectivity index (χ0) is 17.3. The fourth-order valence-electron chi connectivity index (χ4n) is 2.53. The number of aromatic nitrogens is 1. The molecular weight excluding hydrogens is 320 g/mol. The molecule has 0 unspecified atom stereocenters. The summed E-state index contributed by atoms with van der Waals surface area (Å²) in [4.78, 5) is 16.4.